The molecule has 0 aliphatic carbocycles. The number of aromatic nitrogens is 2. The van der Waals surface area contributed by atoms with Gasteiger partial charge in [0.25, 0.3) is 0 Å². The zero-order valence-electron chi connectivity index (χ0n) is 8.90. The van der Waals surface area contributed by atoms with Crippen molar-refractivity contribution in [2.75, 3.05) is 7.11 Å². The van der Waals surface area contributed by atoms with Crippen LogP contribution in [0.1, 0.15) is 10.5 Å². The first kappa shape index (κ1) is 11.7. The van der Waals surface area contributed by atoms with Gasteiger partial charge in [-0.1, -0.05) is 15.9 Å². The lowest BCUT2D eigenvalue weighted by Crippen LogP contribution is -1.96. The number of H-pyrrole nitrogens is 1. The van der Waals surface area contributed by atoms with Crippen molar-refractivity contribution in [1.82, 2.24) is 9.97 Å². The number of nitrogens with one attached hydrogen (secondary N) is 1. The van der Waals surface area contributed by atoms with Crippen LogP contribution in [0.3, 0.4) is 0 Å². The summed E-state index contributed by atoms with van der Waals surface area (Å²) in [5.74, 6) is 0.0396. The minimum absolute atomic E-state index is 0.0435. The number of hydrogen-bond donors (Lipinski definition) is 2. The normalized spacial score (nSPS) is 10.2. The number of nitrogens with zero attached hydrogens (tertiary/aromatic N) is 1. The molecule has 0 unspecified atom stereocenters. The van der Waals surface area contributed by atoms with E-state index in [-0.39, 0.29) is 5.69 Å². The molecule has 2 aromatic rings. The second-order valence-electron chi connectivity index (χ2n) is 3.30. The Kier molecular flexibility index (Phi) is 3.14. The molecular weight excluding hydrogens is 288 g/mol. The first-order chi connectivity index (χ1) is 8.11. The van der Waals surface area contributed by atoms with E-state index in [0.29, 0.717) is 17.1 Å². The second kappa shape index (κ2) is 4.58. The van der Waals surface area contributed by atoms with E-state index in [9.17, 15) is 4.79 Å². The lowest BCUT2D eigenvalue weighted by molar-refractivity contribution is 0.0691. The summed E-state index contributed by atoms with van der Waals surface area (Å²) in [7, 11) is 1.55. The third-order valence-electron chi connectivity index (χ3n) is 2.22. The minimum Gasteiger partial charge on any atom is -0.496 e. The van der Waals surface area contributed by atoms with Crippen LogP contribution in [0.15, 0.2) is 28.9 Å². The summed E-state index contributed by atoms with van der Waals surface area (Å²) in [5, 5.41) is 8.81. The van der Waals surface area contributed by atoms with Gasteiger partial charge in [0.05, 0.1) is 18.9 Å². The van der Waals surface area contributed by atoms with Gasteiger partial charge in [-0.3, -0.25) is 0 Å². The summed E-state index contributed by atoms with van der Waals surface area (Å²) in [6.07, 6.45) is 1.28. The van der Waals surface area contributed by atoms with E-state index in [1.54, 1.807) is 13.2 Å². The lowest BCUT2D eigenvalue weighted by atomic mass is 10.2. The number of aromatic amines is 1. The molecule has 1 aromatic carbocycles. The third kappa shape index (κ3) is 2.31. The van der Waals surface area contributed by atoms with Crippen molar-refractivity contribution < 1.29 is 14.6 Å². The predicted molar refractivity (Wildman–Crippen MR) is 65.2 cm³/mol. The fourth-order valence-electron chi connectivity index (χ4n) is 1.43. The monoisotopic (exact) mass is 296 g/mol. The molecule has 1 aromatic heterocycles. The topological polar surface area (TPSA) is 75.2 Å². The number of methoxy groups -OCH3 is 1. The summed E-state index contributed by atoms with van der Waals surface area (Å²) < 4.78 is 6.06. The molecule has 17 heavy (non-hydrogen) atoms. The number of aromatic carboxylic acids is 1. The van der Waals surface area contributed by atoms with Crippen molar-refractivity contribution in [3.05, 3.63) is 34.6 Å². The van der Waals surface area contributed by atoms with Crippen LogP contribution in [0, 0.1) is 0 Å². The zero-order chi connectivity index (χ0) is 12.4. The highest BCUT2D eigenvalue weighted by Gasteiger charge is 2.12. The molecule has 0 radical (unpaired) electrons. The first-order valence-electron chi connectivity index (χ1n) is 4.74. The molecule has 0 fully saturated rings. The lowest BCUT2D eigenvalue weighted by Gasteiger charge is -2.06. The summed E-state index contributed by atoms with van der Waals surface area (Å²) in [6, 6.07) is 5.43. The molecule has 0 aliphatic heterocycles. The Morgan fingerprint density at radius 3 is 2.88 bits per heavy atom. The van der Waals surface area contributed by atoms with Gasteiger partial charge in [-0.05, 0) is 18.2 Å². The SMILES string of the molecule is COc1ccc(Br)cc1-c1ncc(C(=O)O)[nH]1. The van der Waals surface area contributed by atoms with Gasteiger partial charge >= 0.3 is 5.97 Å². The van der Waals surface area contributed by atoms with Gasteiger partial charge in [0, 0.05) is 4.47 Å². The highest BCUT2D eigenvalue weighted by Crippen LogP contribution is 2.30. The standard InChI is InChI=1S/C11H9BrN2O3/c1-17-9-3-2-6(12)4-7(9)10-13-5-8(14-10)11(15)16/h2-5H,1H3,(H,13,14)(H,15,16). The van der Waals surface area contributed by atoms with Crippen molar-refractivity contribution in [3.63, 3.8) is 0 Å². The zero-order valence-corrected chi connectivity index (χ0v) is 10.5. The van der Waals surface area contributed by atoms with Crippen LogP contribution in [0.5, 0.6) is 5.75 Å². The number of hydrogen-bond acceptors (Lipinski definition) is 3. The van der Waals surface area contributed by atoms with E-state index in [1.807, 2.05) is 12.1 Å². The van der Waals surface area contributed by atoms with Gasteiger partial charge in [-0.25, -0.2) is 9.78 Å². The summed E-state index contributed by atoms with van der Waals surface area (Å²) in [4.78, 5) is 17.5. The van der Waals surface area contributed by atoms with Crippen LogP contribution >= 0.6 is 15.9 Å². The molecular formula is C11H9BrN2O3. The Bertz CT molecular complexity index is 566. The van der Waals surface area contributed by atoms with Crippen LogP contribution in [-0.2, 0) is 0 Å². The average Bonchev–Trinajstić information content (AvgIpc) is 2.78. The number of ether oxygens (including phenoxy) is 1. The summed E-state index contributed by atoms with van der Waals surface area (Å²) >= 11 is 3.34. The van der Waals surface area contributed by atoms with Gasteiger partial charge in [0.2, 0.25) is 0 Å². The van der Waals surface area contributed by atoms with Gasteiger partial charge in [-0.2, -0.15) is 0 Å². The van der Waals surface area contributed by atoms with Gasteiger partial charge in [0.1, 0.15) is 17.3 Å². The summed E-state index contributed by atoms with van der Waals surface area (Å²) in [6.45, 7) is 0. The van der Waals surface area contributed by atoms with Crippen LogP contribution in [0.4, 0.5) is 0 Å². The Hall–Kier alpha value is -1.82. The molecule has 2 rings (SSSR count). The highest BCUT2D eigenvalue weighted by molar-refractivity contribution is 9.10. The van der Waals surface area contributed by atoms with E-state index < -0.39 is 5.97 Å². The minimum atomic E-state index is -1.04. The maximum Gasteiger partial charge on any atom is 0.353 e. The molecule has 2 N–H and O–H groups in total. The number of halogens is 1. The maximum atomic E-state index is 10.8. The van der Waals surface area contributed by atoms with E-state index in [4.69, 9.17) is 9.84 Å². The molecule has 5 nitrogen and oxygen atoms in total. The molecule has 0 atom stereocenters. The molecule has 0 amide bonds. The molecule has 0 spiro atoms. The molecule has 88 valence electrons. The van der Waals surface area contributed by atoms with E-state index >= 15 is 0 Å². The van der Waals surface area contributed by atoms with E-state index in [1.165, 1.54) is 6.20 Å². The van der Waals surface area contributed by atoms with Crippen molar-refractivity contribution in [1.29, 1.82) is 0 Å². The fraction of sp³-hybridized carbons (Fsp3) is 0.0909. The number of carbonyl (C=O) groups is 1. The van der Waals surface area contributed by atoms with E-state index in [2.05, 4.69) is 25.9 Å². The molecule has 0 saturated heterocycles. The number of carboxylic acid groups (broad SMARTS) is 1. The van der Waals surface area contributed by atoms with E-state index in [0.717, 1.165) is 4.47 Å². The highest BCUT2D eigenvalue weighted by atomic mass is 79.9. The summed E-state index contributed by atoms with van der Waals surface area (Å²) in [5.41, 5.74) is 0.747. The number of carboxylic acids is 1. The van der Waals surface area contributed by atoms with Crippen molar-refractivity contribution in [2.45, 2.75) is 0 Å². The largest absolute Gasteiger partial charge is 0.496 e. The third-order valence-corrected chi connectivity index (χ3v) is 2.72. The smallest absolute Gasteiger partial charge is 0.353 e. The van der Waals surface area contributed by atoms with Crippen molar-refractivity contribution in [2.24, 2.45) is 0 Å². The Labute approximate surface area is 106 Å². The average molecular weight is 297 g/mol. The Morgan fingerprint density at radius 2 is 2.29 bits per heavy atom. The quantitative estimate of drug-likeness (QED) is 0.913. The van der Waals surface area contributed by atoms with Crippen LogP contribution in [0.25, 0.3) is 11.4 Å². The van der Waals surface area contributed by atoms with Gasteiger partial charge < -0.3 is 14.8 Å². The van der Waals surface area contributed by atoms with Crippen molar-refractivity contribution >= 4 is 21.9 Å². The Morgan fingerprint density at radius 1 is 1.53 bits per heavy atom. The van der Waals surface area contributed by atoms with Crippen LogP contribution < -0.4 is 4.74 Å². The van der Waals surface area contributed by atoms with Crippen LogP contribution in [-0.4, -0.2) is 28.2 Å². The first-order valence-corrected chi connectivity index (χ1v) is 5.53. The van der Waals surface area contributed by atoms with Crippen LogP contribution in [0.2, 0.25) is 0 Å². The molecule has 0 bridgehead atoms. The number of imidazole rings is 1. The van der Waals surface area contributed by atoms with Crippen molar-refractivity contribution in [3.8, 4) is 17.1 Å². The number of benzene rings is 1. The second-order valence-corrected chi connectivity index (χ2v) is 4.21. The Balaban J connectivity index is 2.51. The fourth-order valence-corrected chi connectivity index (χ4v) is 1.79. The molecule has 0 saturated carbocycles. The molecule has 0 aliphatic rings. The molecule has 1 heterocycles. The van der Waals surface area contributed by atoms with Gasteiger partial charge in [-0.15, -0.1) is 0 Å². The predicted octanol–water partition coefficient (Wildman–Crippen LogP) is 2.55. The number of rotatable bonds is 3. The maximum absolute atomic E-state index is 10.8. The van der Waals surface area contributed by atoms with Gasteiger partial charge in [0.15, 0.2) is 0 Å². The molecule has 6 heteroatoms.